The summed E-state index contributed by atoms with van der Waals surface area (Å²) in [7, 11) is 0. The van der Waals surface area contributed by atoms with Crippen LogP contribution in [-0.2, 0) is 9.47 Å². The zero-order chi connectivity index (χ0) is 12.7. The monoisotopic (exact) mass is 256 g/mol. The summed E-state index contributed by atoms with van der Waals surface area (Å²) < 4.78 is 12.0. The first-order valence-electron chi connectivity index (χ1n) is 5.58. The Morgan fingerprint density at radius 3 is 3.11 bits per heavy atom. The molecule has 1 aromatic carbocycles. The fourth-order valence-corrected chi connectivity index (χ4v) is 1.98. The van der Waals surface area contributed by atoms with Crippen LogP contribution in [-0.4, -0.2) is 37.2 Å². The second kappa shape index (κ2) is 3.80. The maximum Gasteiger partial charge on any atom is 0.254 e. The maximum atomic E-state index is 5.31. The number of hydrogen-bond acceptors (Lipinski definition) is 6. The van der Waals surface area contributed by atoms with E-state index in [4.69, 9.17) is 9.47 Å². The van der Waals surface area contributed by atoms with Gasteiger partial charge in [0, 0.05) is 10.9 Å². The molecule has 8 nitrogen and oxygen atoms in total. The molecule has 3 aromatic rings. The van der Waals surface area contributed by atoms with Crippen LogP contribution < -0.4 is 0 Å². The molecule has 4 rings (SSSR count). The predicted octanol–water partition coefficient (Wildman–Crippen LogP) is 0.977. The van der Waals surface area contributed by atoms with Gasteiger partial charge in [0.15, 0.2) is 0 Å². The number of ether oxygens (including phenoxy) is 2. The fourth-order valence-electron chi connectivity index (χ4n) is 1.98. The lowest BCUT2D eigenvalue weighted by molar-refractivity contribution is 0.0954. The Bertz CT molecular complexity index is 761. The van der Waals surface area contributed by atoms with Crippen LogP contribution in [0.5, 0.6) is 0 Å². The van der Waals surface area contributed by atoms with Crippen molar-refractivity contribution in [1.82, 2.24) is 30.4 Å². The van der Waals surface area contributed by atoms with Gasteiger partial charge in [0.2, 0.25) is 12.6 Å². The molecule has 3 heterocycles. The van der Waals surface area contributed by atoms with Crippen molar-refractivity contribution in [3.05, 3.63) is 30.7 Å². The van der Waals surface area contributed by atoms with Crippen molar-refractivity contribution in [3.8, 4) is 11.4 Å². The molecule has 1 aliphatic heterocycles. The van der Waals surface area contributed by atoms with E-state index in [1.807, 2.05) is 18.2 Å². The first kappa shape index (κ1) is 10.1. The third-order valence-corrected chi connectivity index (χ3v) is 2.84. The van der Waals surface area contributed by atoms with Gasteiger partial charge >= 0.3 is 0 Å². The average molecular weight is 256 g/mol. The summed E-state index contributed by atoms with van der Waals surface area (Å²) >= 11 is 0. The third-order valence-electron chi connectivity index (χ3n) is 2.84. The highest BCUT2D eigenvalue weighted by atomic mass is 16.7. The van der Waals surface area contributed by atoms with Crippen LogP contribution in [0.3, 0.4) is 0 Å². The fraction of sp³-hybridized carbons (Fsp3) is 0.0909. The Kier molecular flexibility index (Phi) is 2.01. The van der Waals surface area contributed by atoms with Gasteiger partial charge in [-0.15, -0.1) is 10.2 Å². The van der Waals surface area contributed by atoms with Gasteiger partial charge in [-0.2, -0.15) is 15.0 Å². The second-order valence-electron chi connectivity index (χ2n) is 3.95. The Hall–Kier alpha value is -2.90. The number of hydrogen-bond donors (Lipinski definition) is 1. The predicted molar refractivity (Wildman–Crippen MR) is 64.2 cm³/mol. The lowest BCUT2D eigenvalue weighted by atomic mass is 10.1. The van der Waals surface area contributed by atoms with Crippen LogP contribution in [0.15, 0.2) is 30.7 Å². The first-order chi connectivity index (χ1) is 9.42. The smallest absolute Gasteiger partial charge is 0.254 e. The van der Waals surface area contributed by atoms with Crippen LogP contribution >= 0.6 is 0 Å². The number of nitrogens with one attached hydrogen (secondary N) is 1. The van der Waals surface area contributed by atoms with Gasteiger partial charge in [-0.25, -0.2) is 0 Å². The molecule has 1 aliphatic rings. The molecule has 0 amide bonds. The number of tetrazole rings is 1. The Morgan fingerprint density at radius 1 is 1.32 bits per heavy atom. The summed E-state index contributed by atoms with van der Waals surface area (Å²) in [5, 5.41) is 19.1. The van der Waals surface area contributed by atoms with Gasteiger partial charge in [-0.3, -0.25) is 0 Å². The van der Waals surface area contributed by atoms with Crippen molar-refractivity contribution in [1.29, 1.82) is 0 Å². The van der Waals surface area contributed by atoms with Gasteiger partial charge < -0.3 is 9.47 Å². The molecule has 2 aromatic heterocycles. The van der Waals surface area contributed by atoms with E-state index in [0.29, 0.717) is 11.7 Å². The Balaban J connectivity index is 1.84. The highest BCUT2D eigenvalue weighted by Gasteiger charge is 2.14. The van der Waals surface area contributed by atoms with E-state index in [9.17, 15) is 0 Å². The summed E-state index contributed by atoms with van der Waals surface area (Å²) in [6, 6.07) is 5.78. The summed E-state index contributed by atoms with van der Waals surface area (Å²) in [6.07, 6.45) is 3.29. The minimum Gasteiger partial charge on any atom is -0.459 e. The average Bonchev–Trinajstić information content (AvgIpc) is 3.18. The Labute approximate surface area is 106 Å². The molecule has 0 radical (unpaired) electrons. The van der Waals surface area contributed by atoms with Crippen LogP contribution in [0, 0.1) is 0 Å². The van der Waals surface area contributed by atoms with Crippen LogP contribution in [0.2, 0.25) is 0 Å². The van der Waals surface area contributed by atoms with E-state index in [1.165, 1.54) is 0 Å². The highest BCUT2D eigenvalue weighted by Crippen LogP contribution is 2.24. The van der Waals surface area contributed by atoms with E-state index < -0.39 is 0 Å². The largest absolute Gasteiger partial charge is 0.459 e. The first-order valence-corrected chi connectivity index (χ1v) is 5.58. The lowest BCUT2D eigenvalue weighted by Gasteiger charge is -2.02. The molecule has 94 valence electrons. The molecule has 8 heteroatoms. The highest BCUT2D eigenvalue weighted by molar-refractivity contribution is 5.85. The van der Waals surface area contributed by atoms with Gasteiger partial charge in [0.1, 0.15) is 6.26 Å². The third kappa shape index (κ3) is 1.53. The topological polar surface area (TPSA) is 90.7 Å². The Morgan fingerprint density at radius 2 is 2.32 bits per heavy atom. The van der Waals surface area contributed by atoms with Crippen molar-refractivity contribution < 1.29 is 9.47 Å². The molecule has 19 heavy (non-hydrogen) atoms. The van der Waals surface area contributed by atoms with Crippen molar-refractivity contribution in [2.24, 2.45) is 0 Å². The zero-order valence-corrected chi connectivity index (χ0v) is 9.65. The van der Waals surface area contributed by atoms with E-state index in [-0.39, 0.29) is 6.79 Å². The summed E-state index contributed by atoms with van der Waals surface area (Å²) in [5.41, 5.74) is 1.79. The number of rotatable bonds is 2. The van der Waals surface area contributed by atoms with E-state index in [0.717, 1.165) is 16.5 Å². The van der Waals surface area contributed by atoms with Gasteiger partial charge in [-0.05, 0) is 23.4 Å². The summed E-state index contributed by atoms with van der Waals surface area (Å²) in [6.45, 7) is 0.220. The molecular weight excluding hydrogens is 248 g/mol. The molecule has 0 unspecified atom stereocenters. The van der Waals surface area contributed by atoms with E-state index >= 15 is 0 Å². The minimum atomic E-state index is 0.220. The summed E-state index contributed by atoms with van der Waals surface area (Å²) in [5.74, 6) is 1.12. The van der Waals surface area contributed by atoms with Crippen LogP contribution in [0.1, 0.15) is 0 Å². The quantitative estimate of drug-likeness (QED) is 0.734. The van der Waals surface area contributed by atoms with Crippen molar-refractivity contribution in [2.75, 3.05) is 6.79 Å². The number of H-pyrrole nitrogens is 1. The van der Waals surface area contributed by atoms with Crippen molar-refractivity contribution in [2.45, 2.75) is 0 Å². The van der Waals surface area contributed by atoms with Crippen molar-refractivity contribution in [3.63, 3.8) is 0 Å². The van der Waals surface area contributed by atoms with E-state index in [2.05, 4.69) is 25.7 Å². The molecule has 0 fully saturated rings. The van der Waals surface area contributed by atoms with Gasteiger partial charge in [0.05, 0.1) is 11.7 Å². The maximum absolute atomic E-state index is 5.31. The molecule has 1 N–H and O–H groups in total. The van der Waals surface area contributed by atoms with E-state index in [1.54, 1.807) is 17.1 Å². The lowest BCUT2D eigenvalue weighted by Crippen LogP contribution is -1.99. The number of aromatic nitrogens is 6. The zero-order valence-electron chi connectivity index (χ0n) is 9.65. The molecule has 0 atom stereocenters. The van der Waals surface area contributed by atoms with Gasteiger partial charge in [0.25, 0.3) is 5.88 Å². The number of nitrogens with zero attached hydrogens (tertiary/aromatic N) is 5. The molecule has 0 saturated carbocycles. The summed E-state index contributed by atoms with van der Waals surface area (Å²) in [4.78, 5) is 0. The minimum absolute atomic E-state index is 0.220. The van der Waals surface area contributed by atoms with Gasteiger partial charge in [-0.1, -0.05) is 0 Å². The number of aromatic amines is 1. The van der Waals surface area contributed by atoms with Crippen molar-refractivity contribution >= 4 is 16.8 Å². The normalized spacial score (nSPS) is 14.2. The number of fused-ring (bicyclic) bond motifs is 1. The molecule has 0 spiro atoms. The molecule has 0 saturated heterocycles. The molecular formula is C11H8N6O2. The standard InChI is InChI=1S/C11H8N6O2/c1-2-9-8(3-7(1)11-13-15-16-14-11)4-12-17(9)10-5-18-6-19-10/h1-5H,6H2,(H,13,14,15,16). The second-order valence-corrected chi connectivity index (χ2v) is 3.95. The number of benzene rings is 1. The SMILES string of the molecule is C1=C(n2ncc3cc(-c4nn[nH]n4)ccc32)OCO1. The molecule has 0 aliphatic carbocycles. The van der Waals surface area contributed by atoms with Crippen LogP contribution in [0.25, 0.3) is 28.2 Å². The van der Waals surface area contributed by atoms with Crippen LogP contribution in [0.4, 0.5) is 0 Å². The molecule has 0 bridgehead atoms.